The van der Waals surface area contributed by atoms with Gasteiger partial charge in [0.1, 0.15) is 11.6 Å². The van der Waals surface area contributed by atoms with Crippen LogP contribution < -0.4 is 15.5 Å². The lowest BCUT2D eigenvalue weighted by Crippen LogP contribution is -2.31. The van der Waals surface area contributed by atoms with Crippen LogP contribution in [0, 0.1) is 5.82 Å². The number of rotatable bonds is 6. The summed E-state index contributed by atoms with van der Waals surface area (Å²) in [6.07, 6.45) is 1.56. The molecule has 0 aliphatic carbocycles. The molecule has 0 aliphatic rings. The maximum absolute atomic E-state index is 13.5. The Kier molecular flexibility index (Phi) is 6.80. The second-order valence-corrected chi connectivity index (χ2v) is 7.70. The van der Waals surface area contributed by atoms with Gasteiger partial charge in [0.05, 0.1) is 11.7 Å². The van der Waals surface area contributed by atoms with Crippen molar-refractivity contribution in [2.24, 2.45) is 0 Å². The average Bonchev–Trinajstić information content (AvgIpc) is 2.83. The predicted molar refractivity (Wildman–Crippen MR) is 130 cm³/mol. The van der Waals surface area contributed by atoms with Crippen LogP contribution in [0.25, 0.3) is 0 Å². The third-order valence-corrected chi connectivity index (χ3v) is 5.15. The van der Waals surface area contributed by atoms with E-state index < -0.39 is 11.8 Å². The van der Waals surface area contributed by atoms with Gasteiger partial charge in [-0.1, -0.05) is 41.9 Å². The Hall–Kier alpha value is -3.97. The van der Waals surface area contributed by atoms with E-state index >= 15 is 0 Å². The summed E-state index contributed by atoms with van der Waals surface area (Å²) in [6, 6.07) is 23.3. The highest BCUT2D eigenvalue weighted by atomic mass is 35.5. The lowest BCUT2D eigenvalue weighted by Gasteiger charge is -2.23. The van der Waals surface area contributed by atoms with Crippen LogP contribution in [0.4, 0.5) is 32.3 Å². The van der Waals surface area contributed by atoms with Gasteiger partial charge < -0.3 is 10.6 Å². The number of carbonyl (C=O) groups is 1. The zero-order chi connectivity index (χ0) is 23.2. The molecule has 8 heteroatoms. The number of carbonyl (C=O) groups excluding carboxylic acids is 1. The predicted octanol–water partition coefficient (Wildman–Crippen LogP) is 6.81. The lowest BCUT2D eigenvalue weighted by atomic mass is 10.1. The minimum atomic E-state index is -0.468. The highest BCUT2D eigenvalue weighted by molar-refractivity contribution is 6.30. The first kappa shape index (κ1) is 22.2. The van der Waals surface area contributed by atoms with Crippen LogP contribution in [0.5, 0.6) is 0 Å². The minimum absolute atomic E-state index is 0.0522. The third-order valence-electron chi connectivity index (χ3n) is 4.90. The van der Waals surface area contributed by atoms with Crippen molar-refractivity contribution in [3.05, 3.63) is 108 Å². The van der Waals surface area contributed by atoms with Gasteiger partial charge in [0.15, 0.2) is 0 Å². The van der Waals surface area contributed by atoms with Gasteiger partial charge in [0, 0.05) is 23.0 Å². The molecule has 0 saturated carbocycles. The van der Waals surface area contributed by atoms with Gasteiger partial charge in [-0.05, 0) is 61.0 Å². The van der Waals surface area contributed by atoms with E-state index in [1.807, 2.05) is 37.3 Å². The van der Waals surface area contributed by atoms with Gasteiger partial charge in [-0.3, -0.25) is 0 Å². The van der Waals surface area contributed by atoms with Crippen LogP contribution in [-0.2, 0) is 0 Å². The van der Waals surface area contributed by atoms with Crippen molar-refractivity contribution in [3.8, 4) is 0 Å². The number of hydrogen-bond acceptors (Lipinski definition) is 4. The molecule has 2 amide bonds. The fourth-order valence-corrected chi connectivity index (χ4v) is 3.34. The van der Waals surface area contributed by atoms with Crippen molar-refractivity contribution < 1.29 is 9.18 Å². The Bertz CT molecular complexity index is 1220. The zero-order valence-corrected chi connectivity index (χ0v) is 18.5. The van der Waals surface area contributed by atoms with E-state index in [2.05, 4.69) is 20.6 Å². The second kappa shape index (κ2) is 10.1. The van der Waals surface area contributed by atoms with Crippen molar-refractivity contribution in [1.82, 2.24) is 9.97 Å². The molecule has 0 spiro atoms. The van der Waals surface area contributed by atoms with Crippen molar-refractivity contribution in [1.29, 1.82) is 0 Å². The van der Waals surface area contributed by atoms with E-state index in [4.69, 9.17) is 11.6 Å². The quantitative estimate of drug-likeness (QED) is 0.331. The lowest BCUT2D eigenvalue weighted by molar-refractivity contribution is 0.259. The molecule has 0 radical (unpaired) electrons. The maximum Gasteiger partial charge on any atom is 0.332 e. The van der Waals surface area contributed by atoms with Gasteiger partial charge in [0.2, 0.25) is 5.95 Å². The second-order valence-electron chi connectivity index (χ2n) is 7.26. The number of nitrogens with zero attached hydrogens (tertiary/aromatic N) is 3. The van der Waals surface area contributed by atoms with Crippen molar-refractivity contribution in [2.75, 3.05) is 15.5 Å². The van der Waals surface area contributed by atoms with Gasteiger partial charge in [-0.2, -0.15) is 4.98 Å². The van der Waals surface area contributed by atoms with E-state index in [1.165, 1.54) is 29.2 Å². The molecule has 0 aliphatic heterocycles. The van der Waals surface area contributed by atoms with Crippen molar-refractivity contribution >= 4 is 40.8 Å². The van der Waals surface area contributed by atoms with Gasteiger partial charge >= 0.3 is 6.03 Å². The summed E-state index contributed by atoms with van der Waals surface area (Å²) in [4.78, 5) is 23.4. The number of nitrogens with one attached hydrogen (secondary N) is 2. The maximum atomic E-state index is 13.5. The summed E-state index contributed by atoms with van der Waals surface area (Å²) in [5, 5.41) is 6.63. The summed E-state index contributed by atoms with van der Waals surface area (Å²) >= 11 is 5.94. The highest BCUT2D eigenvalue weighted by Crippen LogP contribution is 2.27. The molecule has 1 heterocycles. The number of anilines is 4. The number of hydrogen-bond donors (Lipinski definition) is 2. The Balaban J connectivity index is 1.63. The normalized spacial score (nSPS) is 11.5. The zero-order valence-electron chi connectivity index (χ0n) is 17.7. The van der Waals surface area contributed by atoms with Gasteiger partial charge in [0.25, 0.3) is 0 Å². The van der Waals surface area contributed by atoms with Crippen LogP contribution in [0.2, 0.25) is 5.02 Å². The molecular weight excluding hydrogens is 441 g/mol. The molecule has 0 fully saturated rings. The summed E-state index contributed by atoms with van der Waals surface area (Å²) in [5.74, 6) is 0.277. The molecular formula is C25H21ClFN5O. The summed E-state index contributed by atoms with van der Waals surface area (Å²) in [6.45, 7) is 2.00. The molecule has 6 nitrogen and oxygen atoms in total. The van der Waals surface area contributed by atoms with Crippen LogP contribution in [0.1, 0.15) is 18.5 Å². The monoisotopic (exact) mass is 461 g/mol. The molecule has 166 valence electrons. The Morgan fingerprint density at radius 2 is 1.67 bits per heavy atom. The van der Waals surface area contributed by atoms with Crippen molar-refractivity contribution in [3.63, 3.8) is 0 Å². The first-order valence-electron chi connectivity index (χ1n) is 10.3. The summed E-state index contributed by atoms with van der Waals surface area (Å²) in [7, 11) is 0. The summed E-state index contributed by atoms with van der Waals surface area (Å²) in [5.41, 5.74) is 2.08. The Labute approximate surface area is 196 Å². The Morgan fingerprint density at radius 3 is 2.36 bits per heavy atom. The van der Waals surface area contributed by atoms with E-state index in [0.29, 0.717) is 28.2 Å². The SMILES string of the molecule is CC(Nc1nccc(N(C(=O)Nc2ccc(Cl)cc2)c2ccc(F)cc2)n1)c1ccccc1. The fraction of sp³-hybridized carbons (Fsp3) is 0.0800. The van der Waals surface area contributed by atoms with Crippen LogP contribution in [0.3, 0.4) is 0 Å². The molecule has 1 unspecified atom stereocenters. The highest BCUT2D eigenvalue weighted by Gasteiger charge is 2.21. The molecule has 0 bridgehead atoms. The topological polar surface area (TPSA) is 70.2 Å². The molecule has 2 N–H and O–H groups in total. The molecule has 3 aromatic carbocycles. The fourth-order valence-electron chi connectivity index (χ4n) is 3.22. The number of aromatic nitrogens is 2. The van der Waals surface area contributed by atoms with E-state index in [9.17, 15) is 9.18 Å². The number of halogens is 2. The molecule has 4 rings (SSSR count). The number of amides is 2. The van der Waals surface area contributed by atoms with Crippen molar-refractivity contribution in [2.45, 2.75) is 13.0 Å². The Morgan fingerprint density at radius 1 is 0.970 bits per heavy atom. The van der Waals surface area contributed by atoms with E-state index in [0.717, 1.165) is 5.56 Å². The minimum Gasteiger partial charge on any atom is -0.348 e. The van der Waals surface area contributed by atoms with E-state index in [-0.39, 0.29) is 6.04 Å². The molecule has 0 saturated heterocycles. The third kappa shape index (κ3) is 5.64. The van der Waals surface area contributed by atoms with Crippen LogP contribution in [0.15, 0.2) is 91.1 Å². The molecule has 1 aromatic heterocycles. The summed E-state index contributed by atoms with van der Waals surface area (Å²) < 4.78 is 13.5. The van der Waals surface area contributed by atoms with Gasteiger partial charge in [-0.25, -0.2) is 19.1 Å². The smallest absolute Gasteiger partial charge is 0.332 e. The first-order valence-corrected chi connectivity index (χ1v) is 10.6. The molecule has 33 heavy (non-hydrogen) atoms. The average molecular weight is 462 g/mol. The van der Waals surface area contributed by atoms with Gasteiger partial charge in [-0.15, -0.1) is 0 Å². The number of benzene rings is 3. The molecule has 1 atom stereocenters. The first-order chi connectivity index (χ1) is 16.0. The number of urea groups is 1. The molecule has 4 aromatic rings. The van der Waals surface area contributed by atoms with Crippen LogP contribution in [-0.4, -0.2) is 16.0 Å². The van der Waals surface area contributed by atoms with Crippen LogP contribution >= 0.6 is 11.6 Å². The van der Waals surface area contributed by atoms with E-state index in [1.54, 1.807) is 36.5 Å². The largest absolute Gasteiger partial charge is 0.348 e. The standard InChI is InChI=1S/C25H21ClFN5O/c1-17(18-5-3-2-4-6-18)29-24-28-16-15-23(31-24)32(22-13-9-20(27)10-14-22)25(33)30-21-11-7-19(26)8-12-21/h2-17H,1H3,(H,30,33)(H,28,29,31).